The molecular weight excluding hydrogens is 508 g/mol. The molecule has 0 saturated carbocycles. The van der Waals surface area contributed by atoms with Crippen molar-refractivity contribution in [2.24, 2.45) is 0 Å². The molecule has 4 aromatic rings. The van der Waals surface area contributed by atoms with E-state index in [-0.39, 0.29) is 16.9 Å². The smallest absolute Gasteiger partial charge is 0.322 e. The van der Waals surface area contributed by atoms with Gasteiger partial charge in [-0.05, 0) is 75.8 Å². The number of anilines is 1. The third kappa shape index (κ3) is 7.94. The fourth-order valence-electron chi connectivity index (χ4n) is 4.91. The number of pyridine rings is 2. The van der Waals surface area contributed by atoms with E-state index in [1.807, 2.05) is 48.5 Å². The first-order valence-electron chi connectivity index (χ1n) is 14.2. The molecule has 2 aromatic heterocycles. The number of hydrogen-bond acceptors (Lipinski definition) is 4. The summed E-state index contributed by atoms with van der Waals surface area (Å²) in [5.74, 6) is 0.392. The second kappa shape index (κ2) is 12.5. The number of aryl methyl sites for hydroxylation is 2. The van der Waals surface area contributed by atoms with Crippen LogP contribution in [0.4, 0.5) is 10.5 Å². The number of hydrogen-bond donors (Lipinski definition) is 2. The van der Waals surface area contributed by atoms with Crippen molar-refractivity contribution in [3.63, 3.8) is 0 Å². The van der Waals surface area contributed by atoms with Gasteiger partial charge in [0.1, 0.15) is 5.75 Å². The predicted octanol–water partition coefficient (Wildman–Crippen LogP) is 7.80. The number of nitrogens with zero attached hydrogens (tertiary/aromatic N) is 3. The highest BCUT2D eigenvalue weighted by atomic mass is 16.3. The van der Waals surface area contributed by atoms with E-state index in [0.717, 1.165) is 46.5 Å². The molecule has 2 aromatic carbocycles. The lowest BCUT2D eigenvalue weighted by Gasteiger charge is -2.28. The van der Waals surface area contributed by atoms with E-state index >= 15 is 0 Å². The van der Waals surface area contributed by atoms with Crippen LogP contribution in [0, 0.1) is 0 Å². The van der Waals surface area contributed by atoms with Gasteiger partial charge in [-0.1, -0.05) is 84.0 Å². The van der Waals surface area contributed by atoms with Gasteiger partial charge < -0.3 is 15.3 Å². The molecule has 0 aliphatic heterocycles. The van der Waals surface area contributed by atoms with Crippen molar-refractivity contribution in [3.8, 4) is 5.75 Å². The van der Waals surface area contributed by atoms with Gasteiger partial charge in [0, 0.05) is 30.8 Å². The van der Waals surface area contributed by atoms with Crippen molar-refractivity contribution < 1.29 is 9.90 Å². The molecule has 0 spiro atoms. The van der Waals surface area contributed by atoms with Crippen LogP contribution in [-0.4, -0.2) is 26.0 Å². The van der Waals surface area contributed by atoms with E-state index in [4.69, 9.17) is 0 Å². The Morgan fingerprint density at radius 3 is 2.10 bits per heavy atom. The third-order valence-corrected chi connectivity index (χ3v) is 7.19. The minimum Gasteiger partial charge on any atom is -0.507 e. The van der Waals surface area contributed by atoms with E-state index in [0.29, 0.717) is 18.8 Å². The first kappa shape index (κ1) is 29.8. The van der Waals surface area contributed by atoms with Gasteiger partial charge in [0.05, 0.1) is 12.2 Å². The maximum Gasteiger partial charge on any atom is 0.322 e. The molecule has 4 rings (SSSR count). The number of nitrogens with one attached hydrogen (secondary N) is 1. The van der Waals surface area contributed by atoms with Crippen molar-refractivity contribution in [1.29, 1.82) is 0 Å². The summed E-state index contributed by atoms with van der Waals surface area (Å²) in [6, 6.07) is 21.6. The quantitative estimate of drug-likeness (QED) is 0.235. The van der Waals surface area contributed by atoms with Crippen LogP contribution >= 0.6 is 0 Å². The van der Waals surface area contributed by atoms with E-state index in [1.165, 1.54) is 5.56 Å². The number of aromatic nitrogens is 2. The number of phenolic OH excluding ortho intramolecular Hbond substituents is 1. The number of carbonyl (C=O) groups is 1. The molecule has 0 bridgehead atoms. The Kier molecular flexibility index (Phi) is 9.11. The Morgan fingerprint density at radius 2 is 1.49 bits per heavy atom. The molecule has 214 valence electrons. The fraction of sp³-hybridized carbons (Fsp3) is 0.343. The summed E-state index contributed by atoms with van der Waals surface area (Å²) >= 11 is 0. The van der Waals surface area contributed by atoms with Crippen LogP contribution in [0.25, 0.3) is 0 Å². The second-order valence-electron chi connectivity index (χ2n) is 12.7. The van der Waals surface area contributed by atoms with Crippen molar-refractivity contribution in [1.82, 2.24) is 14.9 Å². The number of carbonyl (C=O) groups excluding carboxylic acids is 1. The molecule has 2 N–H and O–H groups in total. The average molecular weight is 551 g/mol. The van der Waals surface area contributed by atoms with E-state index < -0.39 is 0 Å². The van der Waals surface area contributed by atoms with E-state index in [1.54, 1.807) is 23.5 Å². The number of rotatable bonds is 8. The topological polar surface area (TPSA) is 78.4 Å². The molecular formula is C35H42N4O2. The molecule has 0 fully saturated rings. The number of aromatic hydroxyl groups is 1. The van der Waals surface area contributed by atoms with Crippen LogP contribution in [0.3, 0.4) is 0 Å². The van der Waals surface area contributed by atoms with Crippen LogP contribution in [0.5, 0.6) is 5.75 Å². The predicted molar refractivity (Wildman–Crippen MR) is 166 cm³/mol. The number of phenols is 1. The summed E-state index contributed by atoms with van der Waals surface area (Å²) in [5, 5.41) is 14.3. The normalized spacial score (nSPS) is 11.8. The Labute approximate surface area is 244 Å². The first-order valence-corrected chi connectivity index (χ1v) is 14.2. The summed E-state index contributed by atoms with van der Waals surface area (Å²) in [6.45, 7) is 13.6. The van der Waals surface area contributed by atoms with Gasteiger partial charge in [-0.3, -0.25) is 9.97 Å². The maximum absolute atomic E-state index is 13.6. The molecule has 6 heteroatoms. The van der Waals surface area contributed by atoms with Crippen LogP contribution in [0.15, 0.2) is 85.3 Å². The zero-order valence-electron chi connectivity index (χ0n) is 25.1. The SMILES string of the molecule is CC(C)(C)c1cc(CCc2ccccc2NC(=O)N(Cc2cccnc2)Cc2ccccn2)cc(C(C)(C)C)c1O. The van der Waals surface area contributed by atoms with Gasteiger partial charge in [0.15, 0.2) is 0 Å². The van der Waals surface area contributed by atoms with Crippen molar-refractivity contribution in [2.45, 2.75) is 78.3 Å². The summed E-state index contributed by atoms with van der Waals surface area (Å²) in [6.07, 6.45) is 6.78. The highest BCUT2D eigenvalue weighted by Crippen LogP contribution is 2.40. The average Bonchev–Trinajstić information content (AvgIpc) is 2.92. The van der Waals surface area contributed by atoms with Crippen molar-refractivity contribution in [3.05, 3.63) is 119 Å². The lowest BCUT2D eigenvalue weighted by Crippen LogP contribution is -2.34. The lowest BCUT2D eigenvalue weighted by molar-refractivity contribution is 0.205. The van der Waals surface area contributed by atoms with Gasteiger partial charge in [-0.25, -0.2) is 4.79 Å². The number of urea groups is 1. The molecule has 2 heterocycles. The minimum atomic E-state index is -0.193. The third-order valence-electron chi connectivity index (χ3n) is 7.19. The van der Waals surface area contributed by atoms with Crippen molar-refractivity contribution >= 4 is 11.7 Å². The zero-order valence-corrected chi connectivity index (χ0v) is 25.1. The fourth-order valence-corrected chi connectivity index (χ4v) is 4.91. The Hall–Kier alpha value is -4.19. The molecule has 0 saturated heterocycles. The molecule has 0 unspecified atom stereocenters. The van der Waals surface area contributed by atoms with Crippen LogP contribution in [-0.2, 0) is 36.8 Å². The lowest BCUT2D eigenvalue weighted by atomic mass is 9.78. The molecule has 0 atom stereocenters. The zero-order chi connectivity index (χ0) is 29.6. The van der Waals surface area contributed by atoms with Gasteiger partial charge >= 0.3 is 6.03 Å². The standard InChI is InChI=1S/C35H42N4O2/c1-34(2,3)29-20-25(21-30(32(29)40)35(4,5)6)16-17-27-13-7-8-15-31(27)38-33(41)39(23-26-12-11-18-36-22-26)24-28-14-9-10-19-37-28/h7-15,18-22,40H,16-17,23-24H2,1-6H3,(H,38,41). The summed E-state index contributed by atoms with van der Waals surface area (Å²) in [5.41, 5.74) is 6.34. The highest BCUT2D eigenvalue weighted by Gasteiger charge is 2.26. The van der Waals surface area contributed by atoms with Crippen molar-refractivity contribution in [2.75, 3.05) is 5.32 Å². The van der Waals surface area contributed by atoms with Gasteiger partial charge in [0.25, 0.3) is 0 Å². The summed E-state index contributed by atoms with van der Waals surface area (Å²) in [4.78, 5) is 24.0. The van der Waals surface area contributed by atoms with Gasteiger partial charge in [0.2, 0.25) is 0 Å². The van der Waals surface area contributed by atoms with Crippen LogP contribution in [0.1, 0.15) is 75.1 Å². The Balaban J connectivity index is 1.56. The number of benzene rings is 2. The Morgan fingerprint density at radius 1 is 0.805 bits per heavy atom. The highest BCUT2D eigenvalue weighted by molar-refractivity contribution is 5.90. The van der Waals surface area contributed by atoms with Gasteiger partial charge in [-0.2, -0.15) is 0 Å². The molecule has 2 amide bonds. The molecule has 6 nitrogen and oxygen atoms in total. The van der Waals surface area contributed by atoms with Gasteiger partial charge in [-0.15, -0.1) is 0 Å². The monoisotopic (exact) mass is 550 g/mol. The molecule has 0 aliphatic rings. The molecule has 0 radical (unpaired) electrons. The first-order chi connectivity index (χ1) is 19.4. The largest absolute Gasteiger partial charge is 0.507 e. The van der Waals surface area contributed by atoms with Crippen LogP contribution < -0.4 is 5.32 Å². The maximum atomic E-state index is 13.6. The van der Waals surface area contributed by atoms with E-state index in [9.17, 15) is 9.90 Å². The second-order valence-corrected chi connectivity index (χ2v) is 12.7. The summed E-state index contributed by atoms with van der Waals surface area (Å²) in [7, 11) is 0. The number of amides is 2. The summed E-state index contributed by atoms with van der Waals surface area (Å²) < 4.78 is 0. The van der Waals surface area contributed by atoms with Crippen LogP contribution in [0.2, 0.25) is 0 Å². The molecule has 41 heavy (non-hydrogen) atoms. The minimum absolute atomic E-state index is 0.183. The van der Waals surface area contributed by atoms with E-state index in [2.05, 4.69) is 75.0 Å². The Bertz CT molecular complexity index is 1380. The number of para-hydroxylation sites is 1. The molecule has 0 aliphatic carbocycles.